The van der Waals surface area contributed by atoms with Gasteiger partial charge in [0.2, 0.25) is 0 Å². The molecule has 2 fully saturated rings. The van der Waals surface area contributed by atoms with Gasteiger partial charge in [-0.05, 0) is 25.7 Å². The van der Waals surface area contributed by atoms with Gasteiger partial charge in [0.1, 0.15) is 0 Å². The Morgan fingerprint density at radius 2 is 1.24 bits per heavy atom. The molecule has 0 amide bonds. The van der Waals surface area contributed by atoms with Crippen LogP contribution in [-0.2, 0) is 14.2 Å². The van der Waals surface area contributed by atoms with E-state index in [1.54, 1.807) is 0 Å². The van der Waals surface area contributed by atoms with Crippen molar-refractivity contribution in [1.29, 1.82) is 0 Å². The smallest absolute Gasteiger partial charge is 0.0858 e. The summed E-state index contributed by atoms with van der Waals surface area (Å²) in [6.07, 6.45) is 13.6. The highest BCUT2D eigenvalue weighted by atomic mass is 16.6. The van der Waals surface area contributed by atoms with Crippen LogP contribution in [0.15, 0.2) is 0 Å². The standard InChI is InChI=1S/C18H34O3/c1-3-5-7-9-17(15-11-13-19-15)21-18(10-8-6-4-2)16-12-14-20-16/h15-18H,3-14H2,1-2H3. The molecule has 3 nitrogen and oxygen atoms in total. The minimum Gasteiger partial charge on any atom is -0.375 e. The molecule has 0 aromatic rings. The summed E-state index contributed by atoms with van der Waals surface area (Å²) >= 11 is 0. The lowest BCUT2D eigenvalue weighted by Gasteiger charge is -2.40. The van der Waals surface area contributed by atoms with E-state index in [0.717, 1.165) is 26.1 Å². The van der Waals surface area contributed by atoms with Gasteiger partial charge >= 0.3 is 0 Å². The SMILES string of the molecule is CCCCCC(OC(CCCCC)C1CCO1)C1CCO1. The van der Waals surface area contributed by atoms with Crippen molar-refractivity contribution >= 4 is 0 Å². The predicted molar refractivity (Wildman–Crippen MR) is 85.7 cm³/mol. The molecule has 0 spiro atoms. The van der Waals surface area contributed by atoms with Crippen LogP contribution in [0.25, 0.3) is 0 Å². The molecule has 2 aliphatic rings. The van der Waals surface area contributed by atoms with Crippen LogP contribution in [0.5, 0.6) is 0 Å². The van der Waals surface area contributed by atoms with Crippen molar-refractivity contribution in [1.82, 2.24) is 0 Å². The Morgan fingerprint density at radius 1 is 0.810 bits per heavy atom. The van der Waals surface area contributed by atoms with Crippen LogP contribution in [0.2, 0.25) is 0 Å². The van der Waals surface area contributed by atoms with Crippen LogP contribution >= 0.6 is 0 Å². The molecule has 4 atom stereocenters. The second-order valence-corrected chi connectivity index (χ2v) is 6.60. The minimum absolute atomic E-state index is 0.293. The van der Waals surface area contributed by atoms with E-state index in [-0.39, 0.29) is 0 Å². The van der Waals surface area contributed by atoms with Crippen molar-refractivity contribution in [2.75, 3.05) is 13.2 Å². The molecule has 2 heterocycles. The molecule has 21 heavy (non-hydrogen) atoms. The molecular weight excluding hydrogens is 264 g/mol. The fraction of sp³-hybridized carbons (Fsp3) is 1.00. The van der Waals surface area contributed by atoms with E-state index in [4.69, 9.17) is 14.2 Å². The molecule has 2 aliphatic heterocycles. The van der Waals surface area contributed by atoms with Gasteiger partial charge in [-0.25, -0.2) is 0 Å². The lowest BCUT2D eigenvalue weighted by Crippen LogP contribution is -2.47. The summed E-state index contributed by atoms with van der Waals surface area (Å²) in [4.78, 5) is 0. The third kappa shape index (κ3) is 5.54. The van der Waals surface area contributed by atoms with Crippen LogP contribution in [0.3, 0.4) is 0 Å². The van der Waals surface area contributed by atoms with Crippen molar-refractivity contribution in [3.05, 3.63) is 0 Å². The van der Waals surface area contributed by atoms with Gasteiger partial charge in [-0.2, -0.15) is 0 Å². The van der Waals surface area contributed by atoms with Crippen LogP contribution in [0, 0.1) is 0 Å². The molecule has 4 unspecified atom stereocenters. The van der Waals surface area contributed by atoms with Gasteiger partial charge < -0.3 is 14.2 Å². The van der Waals surface area contributed by atoms with Gasteiger partial charge in [0.15, 0.2) is 0 Å². The lowest BCUT2D eigenvalue weighted by molar-refractivity contribution is -0.202. The summed E-state index contributed by atoms with van der Waals surface area (Å²) in [6.45, 7) is 6.34. The third-order valence-corrected chi connectivity index (χ3v) is 4.83. The van der Waals surface area contributed by atoms with Crippen LogP contribution in [-0.4, -0.2) is 37.6 Å². The maximum absolute atomic E-state index is 6.50. The molecule has 0 N–H and O–H groups in total. The molecule has 0 saturated carbocycles. The highest BCUT2D eigenvalue weighted by Crippen LogP contribution is 2.29. The summed E-state index contributed by atoms with van der Waals surface area (Å²) < 4.78 is 17.9. The summed E-state index contributed by atoms with van der Waals surface area (Å²) in [5.41, 5.74) is 0. The van der Waals surface area contributed by atoms with Gasteiger partial charge in [-0.15, -0.1) is 0 Å². The zero-order valence-corrected chi connectivity index (χ0v) is 14.0. The Morgan fingerprint density at radius 3 is 1.52 bits per heavy atom. The quantitative estimate of drug-likeness (QED) is 0.497. The molecular formula is C18H34O3. The van der Waals surface area contributed by atoms with Crippen molar-refractivity contribution in [3.63, 3.8) is 0 Å². The van der Waals surface area contributed by atoms with E-state index in [1.807, 2.05) is 0 Å². The Hall–Kier alpha value is -0.120. The van der Waals surface area contributed by atoms with E-state index in [0.29, 0.717) is 24.4 Å². The number of unbranched alkanes of at least 4 members (excludes halogenated alkanes) is 4. The first-order valence-electron chi connectivity index (χ1n) is 9.23. The van der Waals surface area contributed by atoms with Crippen LogP contribution < -0.4 is 0 Å². The van der Waals surface area contributed by atoms with Crippen molar-refractivity contribution in [3.8, 4) is 0 Å². The first-order chi connectivity index (χ1) is 10.3. The predicted octanol–water partition coefficient (Wildman–Crippen LogP) is 4.48. The van der Waals surface area contributed by atoms with Crippen LogP contribution in [0.1, 0.15) is 78.1 Å². The molecule has 0 bridgehead atoms. The minimum atomic E-state index is 0.293. The van der Waals surface area contributed by atoms with Crippen molar-refractivity contribution in [2.24, 2.45) is 0 Å². The summed E-state index contributed by atoms with van der Waals surface area (Å²) in [7, 11) is 0. The zero-order valence-electron chi connectivity index (χ0n) is 14.0. The molecule has 3 heteroatoms. The molecule has 2 rings (SSSR count). The average molecular weight is 298 g/mol. The van der Waals surface area contributed by atoms with Crippen molar-refractivity contribution in [2.45, 2.75) is 102 Å². The average Bonchev–Trinajstić information content (AvgIpc) is 2.35. The Kier molecular flexibility index (Phi) is 8.05. The van der Waals surface area contributed by atoms with Gasteiger partial charge in [0.05, 0.1) is 24.4 Å². The summed E-state index contributed by atoms with van der Waals surface area (Å²) in [5, 5.41) is 0. The second kappa shape index (κ2) is 9.81. The van der Waals surface area contributed by atoms with Crippen molar-refractivity contribution < 1.29 is 14.2 Å². The monoisotopic (exact) mass is 298 g/mol. The van der Waals surface area contributed by atoms with Gasteiger partial charge in [0.25, 0.3) is 0 Å². The van der Waals surface area contributed by atoms with E-state index in [1.165, 1.54) is 51.4 Å². The fourth-order valence-corrected chi connectivity index (χ4v) is 3.19. The Bertz CT molecular complexity index is 235. The molecule has 0 aliphatic carbocycles. The maximum atomic E-state index is 6.50. The Balaban J connectivity index is 1.80. The molecule has 0 aromatic heterocycles. The van der Waals surface area contributed by atoms with Gasteiger partial charge in [-0.3, -0.25) is 0 Å². The second-order valence-electron chi connectivity index (χ2n) is 6.60. The summed E-state index contributed by atoms with van der Waals surface area (Å²) in [5.74, 6) is 0. The molecule has 0 radical (unpaired) electrons. The van der Waals surface area contributed by atoms with Gasteiger partial charge in [-0.1, -0.05) is 52.4 Å². The zero-order chi connectivity index (χ0) is 14.9. The Labute approximate surface area is 130 Å². The van der Waals surface area contributed by atoms with Crippen LogP contribution in [0.4, 0.5) is 0 Å². The van der Waals surface area contributed by atoms with Gasteiger partial charge in [0, 0.05) is 13.2 Å². The normalized spacial score (nSPS) is 27.7. The molecule has 0 aromatic carbocycles. The number of hydrogen-bond acceptors (Lipinski definition) is 3. The lowest BCUT2D eigenvalue weighted by atomic mass is 9.97. The topological polar surface area (TPSA) is 27.7 Å². The van der Waals surface area contributed by atoms with E-state index < -0.39 is 0 Å². The molecule has 2 saturated heterocycles. The first-order valence-corrected chi connectivity index (χ1v) is 9.23. The van der Waals surface area contributed by atoms with E-state index in [9.17, 15) is 0 Å². The number of ether oxygens (including phenoxy) is 3. The summed E-state index contributed by atoms with van der Waals surface area (Å²) in [6, 6.07) is 0. The fourth-order valence-electron chi connectivity index (χ4n) is 3.19. The molecule has 124 valence electrons. The third-order valence-electron chi connectivity index (χ3n) is 4.83. The largest absolute Gasteiger partial charge is 0.375 e. The first kappa shape index (κ1) is 17.2. The van der Waals surface area contributed by atoms with E-state index in [2.05, 4.69) is 13.8 Å². The highest BCUT2D eigenvalue weighted by molar-refractivity contribution is 4.83. The number of hydrogen-bond donors (Lipinski definition) is 0. The number of rotatable bonds is 12. The maximum Gasteiger partial charge on any atom is 0.0858 e. The highest BCUT2D eigenvalue weighted by Gasteiger charge is 2.35. The van der Waals surface area contributed by atoms with E-state index >= 15 is 0 Å².